The Kier molecular flexibility index (Phi) is 10.6. The molecule has 0 aliphatic carbocycles. The number of anilines is 1. The van der Waals surface area contributed by atoms with Gasteiger partial charge in [0.05, 0.1) is 18.9 Å². The van der Waals surface area contributed by atoms with Gasteiger partial charge in [-0.1, -0.05) is 60.7 Å². The lowest BCUT2D eigenvalue weighted by molar-refractivity contribution is -0.146. The van der Waals surface area contributed by atoms with E-state index in [1.807, 2.05) is 85.8 Å². The molecule has 3 aromatic rings. The van der Waals surface area contributed by atoms with E-state index in [2.05, 4.69) is 0 Å². The van der Waals surface area contributed by atoms with E-state index in [0.29, 0.717) is 36.9 Å². The van der Waals surface area contributed by atoms with Gasteiger partial charge in [-0.05, 0) is 44.0 Å². The van der Waals surface area contributed by atoms with Crippen molar-refractivity contribution in [3.8, 4) is 11.5 Å². The third kappa shape index (κ3) is 8.14. The highest BCUT2D eigenvalue weighted by Crippen LogP contribution is 2.34. The molecule has 0 aliphatic heterocycles. The van der Waals surface area contributed by atoms with Crippen LogP contribution in [0.25, 0.3) is 0 Å². The van der Waals surface area contributed by atoms with Gasteiger partial charge in [0.25, 0.3) is 0 Å². The summed E-state index contributed by atoms with van der Waals surface area (Å²) in [4.78, 5) is 26.9. The van der Waals surface area contributed by atoms with Crippen molar-refractivity contribution in [2.75, 3.05) is 24.7 Å². The molecule has 0 aromatic heterocycles. The maximum absolute atomic E-state index is 12.6. The highest BCUT2D eigenvalue weighted by molar-refractivity contribution is 6.14. The Bertz CT molecular complexity index is 1160. The predicted octanol–water partition coefficient (Wildman–Crippen LogP) is 5.68. The van der Waals surface area contributed by atoms with Crippen LogP contribution in [0.5, 0.6) is 11.5 Å². The lowest BCUT2D eigenvalue weighted by Crippen LogP contribution is -2.24. The first-order valence-corrected chi connectivity index (χ1v) is 12.4. The first kappa shape index (κ1) is 27.3. The monoisotopic (exact) mass is 503 g/mol. The molecular formula is C30H33NO6. The van der Waals surface area contributed by atoms with Crippen LogP contribution in [-0.4, -0.2) is 31.7 Å². The Morgan fingerprint density at radius 1 is 0.730 bits per heavy atom. The van der Waals surface area contributed by atoms with Crippen LogP contribution in [0.4, 0.5) is 5.69 Å². The van der Waals surface area contributed by atoms with Crippen LogP contribution >= 0.6 is 0 Å². The Morgan fingerprint density at radius 2 is 1.27 bits per heavy atom. The van der Waals surface area contributed by atoms with E-state index in [4.69, 9.17) is 18.9 Å². The van der Waals surface area contributed by atoms with E-state index >= 15 is 0 Å². The molecule has 7 nitrogen and oxygen atoms in total. The summed E-state index contributed by atoms with van der Waals surface area (Å²) in [7, 11) is 0. The normalized spacial score (nSPS) is 10.2. The third-order valence-electron chi connectivity index (χ3n) is 5.34. The quantitative estimate of drug-likeness (QED) is 0.129. The first-order valence-electron chi connectivity index (χ1n) is 12.4. The fourth-order valence-electron chi connectivity index (χ4n) is 3.50. The molecule has 0 unspecified atom stereocenters. The smallest absolute Gasteiger partial charge is 0.347 e. The average Bonchev–Trinajstić information content (AvgIpc) is 2.93. The first-order chi connectivity index (χ1) is 18.0. The van der Waals surface area contributed by atoms with Crippen molar-refractivity contribution < 1.29 is 28.5 Å². The largest absolute Gasteiger partial charge is 0.489 e. The Hall–Kier alpha value is -4.26. The van der Waals surface area contributed by atoms with Crippen molar-refractivity contribution in [3.05, 3.63) is 102 Å². The molecule has 3 rings (SSSR count). The van der Waals surface area contributed by atoms with Gasteiger partial charge in [-0.3, -0.25) is 0 Å². The lowest BCUT2D eigenvalue weighted by Gasteiger charge is -2.24. The second-order valence-corrected chi connectivity index (χ2v) is 7.95. The zero-order valence-corrected chi connectivity index (χ0v) is 21.5. The van der Waals surface area contributed by atoms with Crippen molar-refractivity contribution in [3.63, 3.8) is 0 Å². The minimum atomic E-state index is -0.748. The molecule has 0 saturated carbocycles. The summed E-state index contributed by atoms with van der Waals surface area (Å²) in [6.45, 7) is 6.72. The number of esters is 2. The number of carbonyl (C=O) groups excluding carboxylic acids is 2. The molecule has 0 heterocycles. The second kappa shape index (κ2) is 14.3. The average molecular weight is 504 g/mol. The summed E-state index contributed by atoms with van der Waals surface area (Å²) in [5, 5.41) is 0. The standard InChI is InChI=1S/C30H33NO6/c1-4-31(20-26(29(32)34-5-2)30(33)35-6-3)27-19-25(36-21-23-13-9-7-10-14-23)17-18-28(27)37-22-24-15-11-8-12-16-24/h7-20H,4-6,21-22H2,1-3H3. The summed E-state index contributed by atoms with van der Waals surface area (Å²) < 4.78 is 22.4. The van der Waals surface area contributed by atoms with Crippen molar-refractivity contribution in [2.45, 2.75) is 34.0 Å². The van der Waals surface area contributed by atoms with Gasteiger partial charge in [-0.25, -0.2) is 9.59 Å². The van der Waals surface area contributed by atoms with Crippen molar-refractivity contribution in [2.24, 2.45) is 0 Å². The predicted molar refractivity (Wildman–Crippen MR) is 142 cm³/mol. The maximum atomic E-state index is 12.6. The summed E-state index contributed by atoms with van der Waals surface area (Å²) in [5.74, 6) is -0.307. The number of hydrogen-bond acceptors (Lipinski definition) is 7. The third-order valence-corrected chi connectivity index (χ3v) is 5.34. The van der Waals surface area contributed by atoms with E-state index in [-0.39, 0.29) is 18.8 Å². The molecule has 0 saturated heterocycles. The molecule has 3 aromatic carbocycles. The molecule has 0 aliphatic rings. The molecule has 0 amide bonds. The lowest BCUT2D eigenvalue weighted by atomic mass is 10.2. The molecule has 0 spiro atoms. The Labute approximate surface area is 218 Å². The van der Waals surface area contributed by atoms with Crippen LogP contribution in [0.1, 0.15) is 31.9 Å². The summed E-state index contributed by atoms with van der Waals surface area (Å²) in [6.07, 6.45) is 1.45. The second-order valence-electron chi connectivity index (χ2n) is 7.95. The fraction of sp³-hybridized carbons (Fsp3) is 0.267. The van der Waals surface area contributed by atoms with E-state index in [1.54, 1.807) is 18.7 Å². The Balaban J connectivity index is 1.96. The van der Waals surface area contributed by atoms with Crippen LogP contribution in [0, 0.1) is 0 Å². The van der Waals surface area contributed by atoms with Gasteiger partial charge in [-0.15, -0.1) is 0 Å². The van der Waals surface area contributed by atoms with Gasteiger partial charge >= 0.3 is 11.9 Å². The molecule has 0 N–H and O–H groups in total. The van der Waals surface area contributed by atoms with Gasteiger partial charge in [0.1, 0.15) is 24.7 Å². The number of carbonyl (C=O) groups is 2. The molecule has 7 heteroatoms. The number of nitrogens with zero attached hydrogens (tertiary/aromatic N) is 1. The van der Waals surface area contributed by atoms with E-state index < -0.39 is 11.9 Å². The van der Waals surface area contributed by atoms with Gasteiger partial charge in [0.15, 0.2) is 5.57 Å². The summed E-state index contributed by atoms with van der Waals surface area (Å²) in [6, 6.07) is 25.2. The van der Waals surface area contributed by atoms with E-state index in [1.165, 1.54) is 6.20 Å². The number of benzene rings is 3. The van der Waals surface area contributed by atoms with Crippen LogP contribution in [-0.2, 0) is 32.3 Å². The van der Waals surface area contributed by atoms with Crippen molar-refractivity contribution >= 4 is 17.6 Å². The maximum Gasteiger partial charge on any atom is 0.347 e. The van der Waals surface area contributed by atoms with Crippen LogP contribution in [0.2, 0.25) is 0 Å². The molecule has 194 valence electrons. The highest BCUT2D eigenvalue weighted by atomic mass is 16.6. The molecule has 37 heavy (non-hydrogen) atoms. The van der Waals surface area contributed by atoms with Crippen LogP contribution in [0.3, 0.4) is 0 Å². The van der Waals surface area contributed by atoms with Gasteiger partial charge in [0.2, 0.25) is 0 Å². The van der Waals surface area contributed by atoms with Crippen LogP contribution in [0.15, 0.2) is 90.6 Å². The molecule has 0 radical (unpaired) electrons. The van der Waals surface area contributed by atoms with Crippen molar-refractivity contribution in [1.82, 2.24) is 0 Å². The number of rotatable bonds is 13. The number of hydrogen-bond donors (Lipinski definition) is 0. The minimum Gasteiger partial charge on any atom is -0.489 e. The molecular weight excluding hydrogens is 470 g/mol. The van der Waals surface area contributed by atoms with Gasteiger partial charge in [0, 0.05) is 18.8 Å². The summed E-state index contributed by atoms with van der Waals surface area (Å²) in [5.41, 5.74) is 2.48. The fourth-order valence-corrected chi connectivity index (χ4v) is 3.50. The molecule has 0 fully saturated rings. The zero-order chi connectivity index (χ0) is 26.5. The van der Waals surface area contributed by atoms with Crippen molar-refractivity contribution in [1.29, 1.82) is 0 Å². The molecule has 0 bridgehead atoms. The molecule has 0 atom stereocenters. The van der Waals surface area contributed by atoms with E-state index in [0.717, 1.165) is 11.1 Å². The topological polar surface area (TPSA) is 74.3 Å². The van der Waals surface area contributed by atoms with Crippen LogP contribution < -0.4 is 14.4 Å². The number of ether oxygens (including phenoxy) is 4. The summed E-state index contributed by atoms with van der Waals surface area (Å²) >= 11 is 0. The minimum absolute atomic E-state index is 0.135. The van der Waals surface area contributed by atoms with Gasteiger partial charge < -0.3 is 23.8 Å². The zero-order valence-electron chi connectivity index (χ0n) is 21.5. The SMILES string of the molecule is CCOC(=O)C(=CN(CC)c1cc(OCc2ccccc2)ccc1OCc1ccccc1)C(=O)OCC. The van der Waals surface area contributed by atoms with Gasteiger partial charge in [-0.2, -0.15) is 0 Å². The Morgan fingerprint density at radius 3 is 1.78 bits per heavy atom. The van der Waals surface area contributed by atoms with E-state index in [9.17, 15) is 9.59 Å². The highest BCUT2D eigenvalue weighted by Gasteiger charge is 2.23.